The summed E-state index contributed by atoms with van der Waals surface area (Å²) >= 11 is 0. The second-order valence-corrected chi connectivity index (χ2v) is 2.01. The number of aromatic nitrogens is 2. The van der Waals surface area contributed by atoms with Gasteiger partial charge in [0, 0.05) is 0 Å². The summed E-state index contributed by atoms with van der Waals surface area (Å²) in [6.45, 7) is 3.61. The minimum absolute atomic E-state index is 0.469. The molecule has 0 bridgehead atoms. The predicted molar refractivity (Wildman–Crippen MR) is 45.2 cm³/mol. The molecule has 0 aliphatic carbocycles. The summed E-state index contributed by atoms with van der Waals surface area (Å²) in [5.74, 6) is 0.939. The van der Waals surface area contributed by atoms with Crippen LogP contribution in [0.5, 0.6) is 11.8 Å². The molecule has 0 saturated carbocycles. The fraction of sp³-hybridized carbons (Fsp3) is 0.250. The van der Waals surface area contributed by atoms with E-state index < -0.39 is 0 Å². The second kappa shape index (κ2) is 3.71. The molecular weight excluding hydrogens is 156 g/mol. The molecule has 0 N–H and O–H groups in total. The fourth-order valence-electron chi connectivity index (χ4n) is 0.864. The van der Waals surface area contributed by atoms with Crippen LogP contribution < -0.4 is 9.47 Å². The molecule has 0 aromatic carbocycles. The van der Waals surface area contributed by atoms with E-state index in [0.29, 0.717) is 17.3 Å². The van der Waals surface area contributed by atoms with E-state index in [4.69, 9.17) is 9.47 Å². The standard InChI is InChI=1S/C8H10N2O2/c1-4-6-7(11-2)9-5-10-8(6)12-3/h4-5H,1H2,2-3H3. The molecule has 4 heteroatoms. The Kier molecular flexibility index (Phi) is 2.63. The van der Waals surface area contributed by atoms with Gasteiger partial charge in [0.2, 0.25) is 11.8 Å². The maximum atomic E-state index is 4.98. The van der Waals surface area contributed by atoms with Crippen LogP contribution in [0, 0.1) is 0 Å². The van der Waals surface area contributed by atoms with Gasteiger partial charge in [-0.15, -0.1) is 0 Å². The van der Waals surface area contributed by atoms with Crippen LogP contribution in [0.1, 0.15) is 5.56 Å². The van der Waals surface area contributed by atoms with E-state index in [1.165, 1.54) is 20.5 Å². The summed E-state index contributed by atoms with van der Waals surface area (Å²) in [6, 6.07) is 0. The lowest BCUT2D eigenvalue weighted by Gasteiger charge is -2.05. The summed E-state index contributed by atoms with van der Waals surface area (Å²) < 4.78 is 9.95. The minimum Gasteiger partial charge on any atom is -0.480 e. The zero-order chi connectivity index (χ0) is 8.97. The third-order valence-electron chi connectivity index (χ3n) is 1.40. The number of hydrogen-bond donors (Lipinski definition) is 0. The molecule has 1 rings (SSSR count). The summed E-state index contributed by atoms with van der Waals surface area (Å²) in [6.07, 6.45) is 2.97. The Balaban J connectivity index is 3.21. The van der Waals surface area contributed by atoms with E-state index in [2.05, 4.69) is 16.5 Å². The topological polar surface area (TPSA) is 44.2 Å². The van der Waals surface area contributed by atoms with Gasteiger partial charge in [-0.25, -0.2) is 9.97 Å². The number of rotatable bonds is 3. The third kappa shape index (κ3) is 1.37. The molecule has 0 radical (unpaired) electrons. The highest BCUT2D eigenvalue weighted by Gasteiger charge is 2.07. The lowest BCUT2D eigenvalue weighted by atomic mass is 10.3. The van der Waals surface area contributed by atoms with Gasteiger partial charge in [-0.05, 0) is 0 Å². The van der Waals surface area contributed by atoms with E-state index in [0.717, 1.165) is 0 Å². The number of hydrogen-bond acceptors (Lipinski definition) is 4. The molecule has 0 aliphatic heterocycles. The first-order valence-electron chi connectivity index (χ1n) is 3.39. The first-order chi connectivity index (χ1) is 5.83. The molecule has 4 nitrogen and oxygen atoms in total. The van der Waals surface area contributed by atoms with E-state index in [1.807, 2.05) is 0 Å². The Morgan fingerprint density at radius 1 is 1.25 bits per heavy atom. The highest BCUT2D eigenvalue weighted by Crippen LogP contribution is 2.23. The molecule has 64 valence electrons. The largest absolute Gasteiger partial charge is 0.480 e. The molecule has 0 aliphatic rings. The van der Waals surface area contributed by atoms with Crippen LogP contribution in [-0.4, -0.2) is 24.2 Å². The van der Waals surface area contributed by atoms with Gasteiger partial charge in [0.25, 0.3) is 0 Å². The van der Waals surface area contributed by atoms with Gasteiger partial charge in [0.05, 0.1) is 19.8 Å². The minimum atomic E-state index is 0.469. The average Bonchev–Trinajstić information content (AvgIpc) is 2.16. The maximum absolute atomic E-state index is 4.98. The highest BCUT2D eigenvalue weighted by atomic mass is 16.5. The molecule has 0 amide bonds. The van der Waals surface area contributed by atoms with Crippen LogP contribution in [0.15, 0.2) is 12.9 Å². The van der Waals surface area contributed by atoms with Crippen molar-refractivity contribution in [2.75, 3.05) is 14.2 Å². The smallest absolute Gasteiger partial charge is 0.227 e. The summed E-state index contributed by atoms with van der Waals surface area (Å²) in [5.41, 5.74) is 0.669. The molecule has 12 heavy (non-hydrogen) atoms. The van der Waals surface area contributed by atoms with Gasteiger partial charge in [0.1, 0.15) is 6.33 Å². The molecular formula is C8H10N2O2. The molecule has 1 aromatic heterocycles. The zero-order valence-corrected chi connectivity index (χ0v) is 7.07. The SMILES string of the molecule is C=Cc1c(OC)ncnc1OC. The lowest BCUT2D eigenvalue weighted by molar-refractivity contribution is 0.370. The Hall–Kier alpha value is -1.58. The molecule has 1 heterocycles. The van der Waals surface area contributed by atoms with Gasteiger partial charge in [0.15, 0.2) is 0 Å². The van der Waals surface area contributed by atoms with E-state index in [1.54, 1.807) is 6.08 Å². The van der Waals surface area contributed by atoms with Crippen LogP contribution >= 0.6 is 0 Å². The Labute approximate surface area is 70.9 Å². The van der Waals surface area contributed by atoms with Crippen molar-refractivity contribution in [3.63, 3.8) is 0 Å². The first-order valence-corrected chi connectivity index (χ1v) is 3.39. The van der Waals surface area contributed by atoms with Crippen molar-refractivity contribution in [3.05, 3.63) is 18.5 Å². The Morgan fingerprint density at radius 3 is 2.08 bits per heavy atom. The van der Waals surface area contributed by atoms with Crippen LogP contribution in [0.3, 0.4) is 0 Å². The fourth-order valence-corrected chi connectivity index (χ4v) is 0.864. The molecule has 1 aromatic rings. The maximum Gasteiger partial charge on any atom is 0.227 e. The quantitative estimate of drug-likeness (QED) is 0.675. The predicted octanol–water partition coefficient (Wildman–Crippen LogP) is 1.14. The number of ether oxygens (including phenoxy) is 2. The Bertz CT molecular complexity index is 264. The molecule has 0 spiro atoms. The summed E-state index contributed by atoms with van der Waals surface area (Å²) in [7, 11) is 3.07. The van der Waals surface area contributed by atoms with Crippen molar-refractivity contribution < 1.29 is 9.47 Å². The van der Waals surface area contributed by atoms with Crippen LogP contribution in [0.4, 0.5) is 0 Å². The number of methoxy groups -OCH3 is 2. The van der Waals surface area contributed by atoms with Crippen molar-refractivity contribution >= 4 is 6.08 Å². The van der Waals surface area contributed by atoms with Crippen LogP contribution in [-0.2, 0) is 0 Å². The van der Waals surface area contributed by atoms with Gasteiger partial charge >= 0.3 is 0 Å². The van der Waals surface area contributed by atoms with Gasteiger partial charge in [-0.1, -0.05) is 12.7 Å². The normalized spacial score (nSPS) is 9.17. The average molecular weight is 166 g/mol. The van der Waals surface area contributed by atoms with E-state index in [-0.39, 0.29) is 0 Å². The molecule has 0 atom stereocenters. The summed E-state index contributed by atoms with van der Waals surface area (Å²) in [5, 5.41) is 0. The first kappa shape index (κ1) is 8.52. The van der Waals surface area contributed by atoms with Crippen molar-refractivity contribution in [2.45, 2.75) is 0 Å². The second-order valence-electron chi connectivity index (χ2n) is 2.01. The van der Waals surface area contributed by atoms with Gasteiger partial charge < -0.3 is 9.47 Å². The van der Waals surface area contributed by atoms with Crippen LogP contribution in [0.25, 0.3) is 6.08 Å². The van der Waals surface area contributed by atoms with E-state index in [9.17, 15) is 0 Å². The number of nitrogens with zero attached hydrogens (tertiary/aromatic N) is 2. The van der Waals surface area contributed by atoms with Crippen molar-refractivity contribution in [1.29, 1.82) is 0 Å². The molecule has 0 fully saturated rings. The van der Waals surface area contributed by atoms with Crippen molar-refractivity contribution in [2.24, 2.45) is 0 Å². The Morgan fingerprint density at radius 2 is 1.75 bits per heavy atom. The van der Waals surface area contributed by atoms with Crippen LogP contribution in [0.2, 0.25) is 0 Å². The highest BCUT2D eigenvalue weighted by molar-refractivity contribution is 5.57. The zero-order valence-electron chi connectivity index (χ0n) is 7.07. The van der Waals surface area contributed by atoms with Gasteiger partial charge in [-0.3, -0.25) is 0 Å². The van der Waals surface area contributed by atoms with Gasteiger partial charge in [-0.2, -0.15) is 0 Å². The van der Waals surface area contributed by atoms with Crippen molar-refractivity contribution in [1.82, 2.24) is 9.97 Å². The lowest BCUT2D eigenvalue weighted by Crippen LogP contribution is -1.97. The third-order valence-corrected chi connectivity index (χ3v) is 1.40. The molecule has 0 saturated heterocycles. The monoisotopic (exact) mass is 166 g/mol. The van der Waals surface area contributed by atoms with Crippen molar-refractivity contribution in [3.8, 4) is 11.8 Å². The van der Waals surface area contributed by atoms with E-state index >= 15 is 0 Å². The molecule has 0 unspecified atom stereocenters. The summed E-state index contributed by atoms with van der Waals surface area (Å²) in [4.78, 5) is 7.78.